The molecule has 1 aliphatic rings. The van der Waals surface area contributed by atoms with E-state index in [2.05, 4.69) is 16.3 Å². The van der Waals surface area contributed by atoms with Crippen molar-refractivity contribution in [1.82, 2.24) is 20.8 Å². The summed E-state index contributed by atoms with van der Waals surface area (Å²) in [6.45, 7) is 0.314. The summed E-state index contributed by atoms with van der Waals surface area (Å²) in [5.74, 6) is -0.495. The molecule has 1 amide bonds. The molecule has 0 atom stereocenters. The number of anilines is 1. The number of benzene rings is 1. The molecule has 0 spiro atoms. The number of aromatic hydroxyl groups is 1. The van der Waals surface area contributed by atoms with Crippen LogP contribution in [0.2, 0.25) is 4.34 Å². The average molecular weight is 430 g/mol. The molecule has 0 saturated heterocycles. The highest BCUT2D eigenvalue weighted by Gasteiger charge is 2.15. The molecule has 0 saturated carbocycles. The molecule has 3 heterocycles. The molecule has 0 radical (unpaired) electrons. The van der Waals surface area contributed by atoms with Gasteiger partial charge in [0, 0.05) is 18.1 Å². The lowest BCUT2D eigenvalue weighted by Gasteiger charge is -2.16. The second-order valence-electron chi connectivity index (χ2n) is 6.13. The van der Waals surface area contributed by atoms with E-state index < -0.39 is 5.56 Å². The van der Waals surface area contributed by atoms with E-state index in [9.17, 15) is 14.7 Å². The van der Waals surface area contributed by atoms with Gasteiger partial charge in [0.25, 0.3) is 11.5 Å². The van der Waals surface area contributed by atoms with Crippen molar-refractivity contribution >= 4 is 34.5 Å². The van der Waals surface area contributed by atoms with Crippen molar-refractivity contribution in [3.63, 3.8) is 0 Å². The molecule has 4 rings (SSSR count). The topological polar surface area (TPSA) is 98.6 Å². The number of hydrogen-bond donors (Lipinski definition) is 4. The molecular formula is C19H16ClN5O3S. The van der Waals surface area contributed by atoms with E-state index in [0.717, 1.165) is 11.4 Å². The number of aromatic nitrogens is 1. The molecule has 2 aromatic heterocycles. The predicted molar refractivity (Wildman–Crippen MR) is 112 cm³/mol. The number of amides is 1. The average Bonchev–Trinajstić information content (AvgIpc) is 3.38. The predicted octanol–water partition coefficient (Wildman–Crippen LogP) is 2.36. The lowest BCUT2D eigenvalue weighted by molar-refractivity contribution is 0.0960. The Morgan fingerprint density at radius 1 is 1.14 bits per heavy atom. The Bertz CT molecular complexity index is 1140. The van der Waals surface area contributed by atoms with Gasteiger partial charge in [-0.2, -0.15) is 0 Å². The lowest BCUT2D eigenvalue weighted by Crippen LogP contribution is -2.38. The number of carbonyl (C=O) groups excluding carboxylic acids is 1. The summed E-state index contributed by atoms with van der Waals surface area (Å²) in [4.78, 5) is 24.7. The van der Waals surface area contributed by atoms with Gasteiger partial charge in [0.1, 0.15) is 0 Å². The highest BCUT2D eigenvalue weighted by Crippen LogP contribution is 2.21. The SMILES string of the molecule is O=C(NCC1=CN(c2ccc(-n3cccc(O)c3=O)cc2)NN1)c1ccc(Cl)s1. The van der Waals surface area contributed by atoms with Crippen LogP contribution in [0.5, 0.6) is 5.75 Å². The number of nitrogens with one attached hydrogen (secondary N) is 3. The van der Waals surface area contributed by atoms with Crippen molar-refractivity contribution in [3.8, 4) is 11.4 Å². The maximum Gasteiger partial charge on any atom is 0.297 e. The number of hydrogen-bond acceptors (Lipinski definition) is 7. The Kier molecular flexibility index (Phi) is 5.26. The van der Waals surface area contributed by atoms with E-state index in [1.54, 1.807) is 41.5 Å². The van der Waals surface area contributed by atoms with Gasteiger partial charge in [-0.05, 0) is 48.5 Å². The number of thiophene rings is 1. The quantitative estimate of drug-likeness (QED) is 0.497. The van der Waals surface area contributed by atoms with E-state index in [1.807, 2.05) is 18.3 Å². The van der Waals surface area contributed by atoms with Gasteiger partial charge in [0.2, 0.25) is 0 Å². The molecule has 0 bridgehead atoms. The maximum absolute atomic E-state index is 12.1. The smallest absolute Gasteiger partial charge is 0.297 e. The number of rotatable bonds is 5. The fraction of sp³-hybridized carbons (Fsp3) is 0.0526. The number of pyridine rings is 1. The van der Waals surface area contributed by atoms with Gasteiger partial charge in [-0.15, -0.1) is 16.9 Å². The zero-order valence-corrected chi connectivity index (χ0v) is 16.5. The van der Waals surface area contributed by atoms with Crippen LogP contribution in [0.25, 0.3) is 5.69 Å². The van der Waals surface area contributed by atoms with Crippen LogP contribution >= 0.6 is 22.9 Å². The van der Waals surface area contributed by atoms with Crippen LogP contribution in [0.1, 0.15) is 9.67 Å². The van der Waals surface area contributed by atoms with Crippen LogP contribution in [0.4, 0.5) is 5.69 Å². The number of halogens is 1. The Labute approximate surface area is 174 Å². The van der Waals surface area contributed by atoms with Crippen molar-refractivity contribution in [2.75, 3.05) is 11.6 Å². The zero-order chi connectivity index (χ0) is 20.4. The van der Waals surface area contributed by atoms with Gasteiger partial charge >= 0.3 is 0 Å². The van der Waals surface area contributed by atoms with Crippen LogP contribution in [0.3, 0.4) is 0 Å². The third-order valence-electron chi connectivity index (χ3n) is 4.19. The van der Waals surface area contributed by atoms with Crippen LogP contribution in [0.15, 0.2) is 71.4 Å². The van der Waals surface area contributed by atoms with E-state index in [0.29, 0.717) is 21.4 Å². The van der Waals surface area contributed by atoms with Crippen molar-refractivity contribution in [2.24, 2.45) is 0 Å². The lowest BCUT2D eigenvalue weighted by atomic mass is 10.2. The van der Waals surface area contributed by atoms with Gasteiger partial charge in [-0.3, -0.25) is 19.2 Å². The monoisotopic (exact) mass is 429 g/mol. The largest absolute Gasteiger partial charge is 0.503 e. The Morgan fingerprint density at radius 3 is 2.62 bits per heavy atom. The normalized spacial score (nSPS) is 13.1. The summed E-state index contributed by atoms with van der Waals surface area (Å²) in [6, 6.07) is 13.5. The molecule has 1 aliphatic heterocycles. The Balaban J connectivity index is 1.42. The van der Waals surface area contributed by atoms with Gasteiger partial charge in [0.15, 0.2) is 5.75 Å². The van der Waals surface area contributed by atoms with E-state index in [4.69, 9.17) is 11.6 Å². The van der Waals surface area contributed by atoms with E-state index >= 15 is 0 Å². The van der Waals surface area contributed by atoms with Crippen LogP contribution < -0.4 is 26.8 Å². The molecule has 148 valence electrons. The van der Waals surface area contributed by atoms with Gasteiger partial charge in [-0.1, -0.05) is 11.6 Å². The molecule has 10 heteroatoms. The van der Waals surface area contributed by atoms with Crippen molar-refractivity contribution < 1.29 is 9.90 Å². The molecule has 4 N–H and O–H groups in total. The van der Waals surface area contributed by atoms with Crippen LogP contribution in [-0.2, 0) is 0 Å². The molecule has 1 aromatic carbocycles. The van der Waals surface area contributed by atoms with Gasteiger partial charge in [-0.25, -0.2) is 0 Å². The first-order valence-corrected chi connectivity index (χ1v) is 9.77. The zero-order valence-electron chi connectivity index (χ0n) is 14.9. The highest BCUT2D eigenvalue weighted by molar-refractivity contribution is 7.18. The summed E-state index contributed by atoms with van der Waals surface area (Å²) in [7, 11) is 0. The molecule has 0 fully saturated rings. The molecule has 8 nitrogen and oxygen atoms in total. The summed E-state index contributed by atoms with van der Waals surface area (Å²) < 4.78 is 1.93. The molecule has 0 aliphatic carbocycles. The molecule has 29 heavy (non-hydrogen) atoms. The second kappa shape index (κ2) is 8.00. The highest BCUT2D eigenvalue weighted by atomic mass is 35.5. The number of hydrazine groups is 2. The van der Waals surface area contributed by atoms with Crippen LogP contribution in [0, 0.1) is 0 Å². The van der Waals surface area contributed by atoms with Crippen molar-refractivity contribution in [3.05, 3.63) is 86.2 Å². The van der Waals surface area contributed by atoms with Crippen LogP contribution in [-0.4, -0.2) is 22.1 Å². The second-order valence-corrected chi connectivity index (χ2v) is 7.85. The molecule has 3 aromatic rings. The summed E-state index contributed by atoms with van der Waals surface area (Å²) in [5.41, 5.74) is 7.72. The van der Waals surface area contributed by atoms with Crippen molar-refractivity contribution in [2.45, 2.75) is 0 Å². The summed E-state index contributed by atoms with van der Waals surface area (Å²) >= 11 is 7.08. The first-order chi connectivity index (χ1) is 14.0. The first-order valence-electron chi connectivity index (χ1n) is 8.57. The third kappa shape index (κ3) is 4.11. The van der Waals surface area contributed by atoms with E-state index in [1.165, 1.54) is 22.0 Å². The van der Waals surface area contributed by atoms with Crippen molar-refractivity contribution in [1.29, 1.82) is 0 Å². The minimum absolute atomic E-state index is 0.191. The minimum atomic E-state index is -0.480. The third-order valence-corrected chi connectivity index (χ3v) is 5.42. The summed E-state index contributed by atoms with van der Waals surface area (Å²) in [6.07, 6.45) is 3.41. The fourth-order valence-electron chi connectivity index (χ4n) is 2.74. The molecule has 0 unspecified atom stereocenters. The maximum atomic E-state index is 12.1. The van der Waals surface area contributed by atoms with E-state index in [-0.39, 0.29) is 11.7 Å². The Morgan fingerprint density at radius 2 is 1.90 bits per heavy atom. The number of carbonyl (C=O) groups is 1. The van der Waals surface area contributed by atoms with Gasteiger partial charge < -0.3 is 15.8 Å². The Hall–Kier alpha value is -3.27. The molecular weight excluding hydrogens is 414 g/mol. The summed E-state index contributed by atoms with van der Waals surface area (Å²) in [5, 5.41) is 14.1. The minimum Gasteiger partial charge on any atom is -0.503 e. The number of nitrogens with zero attached hydrogens (tertiary/aromatic N) is 2. The fourth-order valence-corrected chi connectivity index (χ4v) is 3.70. The van der Waals surface area contributed by atoms with Gasteiger partial charge in [0.05, 0.1) is 27.1 Å². The first kappa shape index (κ1) is 19.1. The standard InChI is InChI=1S/C19H16ClN5O3S/c20-17-8-7-16(29-17)18(27)21-10-12-11-25(23-22-12)14-5-3-13(4-6-14)24-9-1-2-15(26)19(24)28/h1-9,11,22-23,26H,10H2,(H,21,27).